The molecule has 5 nitrogen and oxygen atoms in total. The van der Waals surface area contributed by atoms with Crippen LogP contribution in [-0.2, 0) is 11.3 Å². The van der Waals surface area contributed by atoms with Crippen molar-refractivity contribution in [1.82, 2.24) is 9.47 Å². The Kier molecular flexibility index (Phi) is 3.41. The number of nitrogens with zero attached hydrogens (tertiary/aromatic N) is 2. The highest BCUT2D eigenvalue weighted by atomic mass is 16.4. The second-order valence-corrected chi connectivity index (χ2v) is 5.06. The summed E-state index contributed by atoms with van der Waals surface area (Å²) < 4.78 is 1.49. The second kappa shape index (κ2) is 4.84. The van der Waals surface area contributed by atoms with Gasteiger partial charge >= 0.3 is 5.97 Å². The van der Waals surface area contributed by atoms with Crippen molar-refractivity contribution in [3.05, 3.63) is 24.0 Å². The van der Waals surface area contributed by atoms with Gasteiger partial charge in [-0.1, -0.05) is 6.92 Å². The Morgan fingerprint density at radius 1 is 1.44 bits per heavy atom. The van der Waals surface area contributed by atoms with E-state index in [2.05, 4.69) is 6.92 Å². The van der Waals surface area contributed by atoms with Crippen LogP contribution in [0.3, 0.4) is 0 Å². The molecule has 98 valence electrons. The van der Waals surface area contributed by atoms with Crippen LogP contribution in [0.25, 0.3) is 0 Å². The monoisotopic (exact) mass is 250 g/mol. The Morgan fingerprint density at radius 3 is 2.72 bits per heavy atom. The Morgan fingerprint density at radius 2 is 2.17 bits per heavy atom. The van der Waals surface area contributed by atoms with E-state index < -0.39 is 5.97 Å². The molecule has 0 saturated carbocycles. The molecule has 2 heterocycles. The molecule has 1 aliphatic rings. The van der Waals surface area contributed by atoms with Gasteiger partial charge in [0.2, 0.25) is 0 Å². The lowest BCUT2D eigenvalue weighted by Crippen LogP contribution is -2.35. The predicted molar refractivity (Wildman–Crippen MR) is 66.3 cm³/mol. The summed E-state index contributed by atoms with van der Waals surface area (Å²) in [5, 5.41) is 8.81. The minimum absolute atomic E-state index is 0.0712. The molecule has 0 radical (unpaired) electrons. The van der Waals surface area contributed by atoms with Crippen molar-refractivity contribution in [3.8, 4) is 0 Å². The molecule has 0 aliphatic carbocycles. The zero-order valence-electron chi connectivity index (χ0n) is 10.7. The molecular weight excluding hydrogens is 232 g/mol. The van der Waals surface area contributed by atoms with Crippen molar-refractivity contribution in [2.75, 3.05) is 6.54 Å². The second-order valence-electron chi connectivity index (χ2n) is 5.06. The fourth-order valence-electron chi connectivity index (χ4n) is 2.62. The highest BCUT2D eigenvalue weighted by Gasteiger charge is 2.31. The van der Waals surface area contributed by atoms with Gasteiger partial charge in [0, 0.05) is 18.8 Å². The van der Waals surface area contributed by atoms with Crippen LogP contribution in [0.2, 0.25) is 0 Å². The lowest BCUT2D eigenvalue weighted by Gasteiger charge is -2.22. The van der Waals surface area contributed by atoms with Gasteiger partial charge in [-0.05, 0) is 31.4 Å². The van der Waals surface area contributed by atoms with Crippen LogP contribution in [-0.4, -0.2) is 39.0 Å². The van der Waals surface area contributed by atoms with Crippen LogP contribution < -0.4 is 0 Å². The van der Waals surface area contributed by atoms with Crippen molar-refractivity contribution in [1.29, 1.82) is 0 Å². The molecule has 1 aromatic heterocycles. The number of carbonyl (C=O) groups excluding carboxylic acids is 1. The summed E-state index contributed by atoms with van der Waals surface area (Å²) in [7, 11) is 0. The van der Waals surface area contributed by atoms with E-state index in [1.54, 1.807) is 18.3 Å². The average Bonchev–Trinajstić information content (AvgIpc) is 2.83. The first-order valence-electron chi connectivity index (χ1n) is 6.17. The number of likely N-dealkylation sites (tertiary alicyclic amines) is 1. The molecule has 1 amide bonds. The normalized spacial score (nSPS) is 23.3. The third-order valence-electron chi connectivity index (χ3n) is 3.40. The van der Waals surface area contributed by atoms with Gasteiger partial charge in [0.05, 0.1) is 0 Å². The van der Waals surface area contributed by atoms with Crippen LogP contribution >= 0.6 is 0 Å². The molecular formula is C13H18N2O3. The van der Waals surface area contributed by atoms with E-state index in [-0.39, 0.29) is 18.5 Å². The van der Waals surface area contributed by atoms with Crippen molar-refractivity contribution in [3.63, 3.8) is 0 Å². The first kappa shape index (κ1) is 12.7. The molecule has 1 aliphatic heterocycles. The maximum absolute atomic E-state index is 12.4. The number of carboxylic acids is 1. The largest absolute Gasteiger partial charge is 0.480 e. The molecule has 1 saturated heterocycles. The molecule has 2 unspecified atom stereocenters. The smallest absolute Gasteiger partial charge is 0.323 e. The SMILES string of the molecule is CC1CC(C)N(C(=O)c2cccn2CC(=O)O)C1. The van der Waals surface area contributed by atoms with E-state index in [4.69, 9.17) is 5.11 Å². The fraction of sp³-hybridized carbons (Fsp3) is 0.538. The van der Waals surface area contributed by atoms with Gasteiger partial charge in [-0.25, -0.2) is 0 Å². The Balaban J connectivity index is 2.19. The third-order valence-corrected chi connectivity index (χ3v) is 3.40. The standard InChI is InChI=1S/C13H18N2O3/c1-9-6-10(2)15(7-9)13(18)11-4-3-5-14(11)8-12(16)17/h3-5,9-10H,6-8H2,1-2H3,(H,16,17). The van der Waals surface area contributed by atoms with Gasteiger partial charge in [0.1, 0.15) is 12.2 Å². The molecule has 5 heteroatoms. The molecule has 1 fully saturated rings. The van der Waals surface area contributed by atoms with E-state index in [0.29, 0.717) is 11.6 Å². The van der Waals surface area contributed by atoms with E-state index in [1.165, 1.54) is 4.57 Å². The molecule has 0 spiro atoms. The van der Waals surface area contributed by atoms with Crippen LogP contribution in [0.1, 0.15) is 30.8 Å². The van der Waals surface area contributed by atoms with Gasteiger partial charge in [-0.15, -0.1) is 0 Å². The van der Waals surface area contributed by atoms with E-state index in [0.717, 1.165) is 13.0 Å². The minimum atomic E-state index is -0.942. The number of hydrogen-bond donors (Lipinski definition) is 1. The summed E-state index contributed by atoms with van der Waals surface area (Å²) in [6.07, 6.45) is 2.64. The fourth-order valence-corrected chi connectivity index (χ4v) is 2.62. The minimum Gasteiger partial charge on any atom is -0.480 e. The summed E-state index contributed by atoms with van der Waals surface area (Å²) in [4.78, 5) is 24.9. The first-order chi connectivity index (χ1) is 8.49. The van der Waals surface area contributed by atoms with Gasteiger partial charge in [0.25, 0.3) is 5.91 Å². The first-order valence-corrected chi connectivity index (χ1v) is 6.17. The maximum atomic E-state index is 12.4. The number of aliphatic carboxylic acids is 1. The van der Waals surface area contributed by atoms with E-state index in [1.807, 2.05) is 11.8 Å². The Labute approximate surface area is 106 Å². The van der Waals surface area contributed by atoms with Crippen LogP contribution in [0.15, 0.2) is 18.3 Å². The molecule has 18 heavy (non-hydrogen) atoms. The number of aromatic nitrogens is 1. The summed E-state index contributed by atoms with van der Waals surface area (Å²) in [5.41, 5.74) is 0.457. The maximum Gasteiger partial charge on any atom is 0.323 e. The van der Waals surface area contributed by atoms with Crippen molar-refractivity contribution in [2.24, 2.45) is 5.92 Å². The van der Waals surface area contributed by atoms with E-state index in [9.17, 15) is 9.59 Å². The number of amides is 1. The number of hydrogen-bond acceptors (Lipinski definition) is 2. The number of carbonyl (C=O) groups is 2. The van der Waals surface area contributed by atoms with E-state index >= 15 is 0 Å². The molecule has 2 rings (SSSR count). The highest BCUT2D eigenvalue weighted by molar-refractivity contribution is 5.93. The van der Waals surface area contributed by atoms with Crippen molar-refractivity contribution >= 4 is 11.9 Å². The highest BCUT2D eigenvalue weighted by Crippen LogP contribution is 2.24. The van der Waals surface area contributed by atoms with Crippen LogP contribution in [0.4, 0.5) is 0 Å². The van der Waals surface area contributed by atoms with Crippen LogP contribution in [0.5, 0.6) is 0 Å². The van der Waals surface area contributed by atoms with Crippen molar-refractivity contribution in [2.45, 2.75) is 32.9 Å². The van der Waals surface area contributed by atoms with Crippen molar-refractivity contribution < 1.29 is 14.7 Å². The molecule has 1 aromatic rings. The summed E-state index contributed by atoms with van der Waals surface area (Å²) >= 11 is 0. The zero-order chi connectivity index (χ0) is 13.3. The van der Waals surface area contributed by atoms with Gasteiger partial charge < -0.3 is 14.6 Å². The summed E-state index contributed by atoms with van der Waals surface area (Å²) in [6, 6.07) is 3.61. The average molecular weight is 250 g/mol. The predicted octanol–water partition coefficient (Wildman–Crippen LogP) is 1.44. The van der Waals surface area contributed by atoms with Gasteiger partial charge in [0.15, 0.2) is 0 Å². The molecule has 0 bridgehead atoms. The topological polar surface area (TPSA) is 62.5 Å². The number of carboxylic acid groups (broad SMARTS) is 1. The summed E-state index contributed by atoms with van der Waals surface area (Å²) in [5.74, 6) is -0.506. The lowest BCUT2D eigenvalue weighted by atomic mass is 10.1. The third kappa shape index (κ3) is 2.39. The van der Waals surface area contributed by atoms with Crippen LogP contribution in [0, 0.1) is 5.92 Å². The molecule has 0 aromatic carbocycles. The summed E-state index contributed by atoms with van der Waals surface area (Å²) in [6.45, 7) is 4.73. The zero-order valence-corrected chi connectivity index (χ0v) is 10.7. The number of rotatable bonds is 3. The molecule has 2 atom stereocenters. The molecule has 1 N–H and O–H groups in total. The Bertz CT molecular complexity index is 467. The lowest BCUT2D eigenvalue weighted by molar-refractivity contribution is -0.137. The van der Waals surface area contributed by atoms with Gasteiger partial charge in [-0.2, -0.15) is 0 Å². The quantitative estimate of drug-likeness (QED) is 0.883. The Hall–Kier alpha value is -1.78. The van der Waals surface area contributed by atoms with Gasteiger partial charge in [-0.3, -0.25) is 9.59 Å².